The van der Waals surface area contributed by atoms with Crippen molar-refractivity contribution in [2.45, 2.75) is 11.3 Å². The number of nitrogens with zero attached hydrogens (tertiary/aromatic N) is 1. The molecule has 9 heteroatoms. The number of hydrogen-bond donors (Lipinski definition) is 2. The zero-order valence-electron chi connectivity index (χ0n) is 8.90. The summed E-state index contributed by atoms with van der Waals surface area (Å²) in [6.45, 7) is -0.725. The van der Waals surface area contributed by atoms with E-state index in [0.717, 1.165) is 11.8 Å². The number of aliphatic hydroxyl groups is 1. The predicted octanol–water partition coefficient (Wildman–Crippen LogP) is 0.165. The van der Waals surface area contributed by atoms with Crippen LogP contribution in [0.2, 0.25) is 0 Å². The third-order valence-corrected chi connectivity index (χ3v) is 4.18. The Balaban J connectivity index is 2.48. The third kappa shape index (κ3) is 1.97. The minimum Gasteiger partial charge on any atom is -0.396 e. The van der Waals surface area contributed by atoms with Crippen LogP contribution in [0.3, 0.4) is 0 Å². The molecule has 1 saturated heterocycles. The Bertz CT molecular complexity index is 571. The van der Waals surface area contributed by atoms with E-state index in [1.165, 1.54) is 0 Å². The van der Waals surface area contributed by atoms with Crippen LogP contribution in [0.15, 0.2) is 15.8 Å². The molecule has 0 spiro atoms. The average Bonchev–Trinajstić information content (AvgIpc) is 2.58. The number of rotatable bonds is 2. The van der Waals surface area contributed by atoms with Gasteiger partial charge in [-0.2, -0.15) is 4.39 Å². The average molecular weight is 282 g/mol. The van der Waals surface area contributed by atoms with Gasteiger partial charge in [-0.05, 0) is 0 Å². The summed E-state index contributed by atoms with van der Waals surface area (Å²) in [5.74, 6) is -6.01. The number of H-pyrrole nitrogens is 1. The molecule has 0 unspecified atom stereocenters. The molecule has 1 fully saturated rings. The standard InChI is InChI=1S/C9H9F3N2O3S/c10-5-1-14(8(17)13-6(5)16)7-9(11,12)4(2-15)3-18-7/h1,4,7,15H,2-3H2,(H,13,16,17)/t4-,7+/m1/s1. The molecule has 1 aromatic rings. The summed E-state index contributed by atoms with van der Waals surface area (Å²) in [4.78, 5) is 23.8. The molecular formula is C9H9F3N2O3S. The normalized spacial score (nSPS) is 26.4. The summed E-state index contributed by atoms with van der Waals surface area (Å²) in [6.07, 6.45) is 0.465. The second kappa shape index (κ2) is 4.47. The Morgan fingerprint density at radius 3 is 2.78 bits per heavy atom. The molecular weight excluding hydrogens is 273 g/mol. The number of aromatic amines is 1. The van der Waals surface area contributed by atoms with Gasteiger partial charge < -0.3 is 5.11 Å². The Morgan fingerprint density at radius 1 is 1.56 bits per heavy atom. The highest BCUT2D eigenvalue weighted by Gasteiger charge is 2.54. The van der Waals surface area contributed by atoms with Gasteiger partial charge in [0.2, 0.25) is 5.82 Å². The fourth-order valence-corrected chi connectivity index (χ4v) is 3.18. The van der Waals surface area contributed by atoms with Crippen LogP contribution in [0, 0.1) is 11.7 Å². The maximum absolute atomic E-state index is 13.8. The number of hydrogen-bond acceptors (Lipinski definition) is 4. The molecule has 0 bridgehead atoms. The van der Waals surface area contributed by atoms with Crippen molar-refractivity contribution >= 4 is 11.8 Å². The van der Waals surface area contributed by atoms with Gasteiger partial charge in [0, 0.05) is 5.75 Å². The van der Waals surface area contributed by atoms with Crippen LogP contribution in [0.5, 0.6) is 0 Å². The highest BCUT2D eigenvalue weighted by Crippen LogP contribution is 2.50. The Kier molecular flexibility index (Phi) is 3.28. The van der Waals surface area contributed by atoms with Gasteiger partial charge in [-0.15, -0.1) is 11.8 Å². The van der Waals surface area contributed by atoms with E-state index in [-0.39, 0.29) is 5.75 Å². The van der Waals surface area contributed by atoms with Crippen molar-refractivity contribution in [2.75, 3.05) is 12.4 Å². The maximum Gasteiger partial charge on any atom is 0.329 e. The zero-order chi connectivity index (χ0) is 13.5. The summed E-state index contributed by atoms with van der Waals surface area (Å²) in [5, 5.41) is 7.19. The van der Waals surface area contributed by atoms with Crippen molar-refractivity contribution in [2.24, 2.45) is 5.92 Å². The molecule has 2 N–H and O–H groups in total. The number of thioether (sulfide) groups is 1. The lowest BCUT2D eigenvalue weighted by molar-refractivity contribution is -0.0749. The minimum atomic E-state index is -3.35. The van der Waals surface area contributed by atoms with Crippen LogP contribution in [0.1, 0.15) is 5.37 Å². The van der Waals surface area contributed by atoms with E-state index in [0.29, 0.717) is 10.8 Å². The topological polar surface area (TPSA) is 75.1 Å². The molecule has 2 rings (SSSR count). The number of halogens is 3. The summed E-state index contributed by atoms with van der Waals surface area (Å²) in [7, 11) is 0. The van der Waals surface area contributed by atoms with E-state index < -0.39 is 40.9 Å². The van der Waals surface area contributed by atoms with Crippen molar-refractivity contribution in [1.29, 1.82) is 0 Å². The summed E-state index contributed by atoms with van der Waals surface area (Å²) >= 11 is 0.728. The molecule has 1 aromatic heterocycles. The SMILES string of the molecule is O=c1[nH]c(=O)n([C@H]2SC[C@@H](CO)C2(F)F)cc1F. The number of aromatic nitrogens is 2. The highest BCUT2D eigenvalue weighted by atomic mass is 32.2. The molecule has 1 aliphatic rings. The largest absolute Gasteiger partial charge is 0.396 e. The molecule has 18 heavy (non-hydrogen) atoms. The molecule has 5 nitrogen and oxygen atoms in total. The first-order valence-electron chi connectivity index (χ1n) is 4.99. The number of alkyl halides is 2. The van der Waals surface area contributed by atoms with Crippen molar-refractivity contribution in [3.8, 4) is 0 Å². The van der Waals surface area contributed by atoms with E-state index >= 15 is 0 Å². The molecule has 0 aliphatic carbocycles. The van der Waals surface area contributed by atoms with E-state index in [1.54, 1.807) is 4.98 Å². The first kappa shape index (κ1) is 13.2. The van der Waals surface area contributed by atoms with Crippen molar-refractivity contribution in [3.63, 3.8) is 0 Å². The Morgan fingerprint density at radius 2 is 2.22 bits per heavy atom. The van der Waals surface area contributed by atoms with Crippen molar-refractivity contribution in [3.05, 3.63) is 32.9 Å². The van der Waals surface area contributed by atoms with Gasteiger partial charge in [0.25, 0.3) is 11.5 Å². The fraction of sp³-hybridized carbons (Fsp3) is 0.556. The van der Waals surface area contributed by atoms with Gasteiger partial charge >= 0.3 is 5.69 Å². The van der Waals surface area contributed by atoms with Crippen LogP contribution in [-0.2, 0) is 0 Å². The molecule has 2 atom stereocenters. The van der Waals surface area contributed by atoms with E-state index in [1.807, 2.05) is 0 Å². The molecule has 1 aliphatic heterocycles. The van der Waals surface area contributed by atoms with Gasteiger partial charge in [-0.25, -0.2) is 13.6 Å². The summed E-state index contributed by atoms with van der Waals surface area (Å²) in [5.41, 5.74) is -2.35. The van der Waals surface area contributed by atoms with Crippen LogP contribution >= 0.6 is 11.8 Å². The number of nitrogens with one attached hydrogen (secondary N) is 1. The van der Waals surface area contributed by atoms with E-state index in [2.05, 4.69) is 0 Å². The molecule has 100 valence electrons. The van der Waals surface area contributed by atoms with Crippen LogP contribution in [0.4, 0.5) is 13.2 Å². The fourth-order valence-electron chi connectivity index (χ4n) is 1.71. The number of aliphatic hydroxyl groups excluding tert-OH is 1. The van der Waals surface area contributed by atoms with Crippen LogP contribution < -0.4 is 11.2 Å². The lowest BCUT2D eigenvalue weighted by atomic mass is 10.1. The first-order valence-corrected chi connectivity index (χ1v) is 6.04. The lowest BCUT2D eigenvalue weighted by Gasteiger charge is -2.23. The Hall–Kier alpha value is -1.22. The molecule has 2 heterocycles. The molecule has 0 saturated carbocycles. The van der Waals surface area contributed by atoms with Gasteiger partial charge in [-0.3, -0.25) is 14.3 Å². The molecule has 0 radical (unpaired) electrons. The summed E-state index contributed by atoms with van der Waals surface area (Å²) < 4.78 is 41.1. The van der Waals surface area contributed by atoms with Crippen molar-refractivity contribution < 1.29 is 18.3 Å². The van der Waals surface area contributed by atoms with Crippen molar-refractivity contribution in [1.82, 2.24) is 9.55 Å². The predicted molar refractivity (Wildman–Crippen MR) is 58.3 cm³/mol. The molecule has 0 aromatic carbocycles. The van der Waals surface area contributed by atoms with Gasteiger partial charge in [0.05, 0.1) is 18.7 Å². The maximum atomic E-state index is 13.8. The molecule has 0 amide bonds. The second-order valence-electron chi connectivity index (χ2n) is 3.88. The lowest BCUT2D eigenvalue weighted by Crippen LogP contribution is -2.40. The Labute approximate surface area is 103 Å². The monoisotopic (exact) mass is 282 g/mol. The zero-order valence-corrected chi connectivity index (χ0v) is 9.72. The van der Waals surface area contributed by atoms with Gasteiger partial charge in [0.15, 0.2) is 0 Å². The summed E-state index contributed by atoms with van der Waals surface area (Å²) in [6, 6.07) is 0. The first-order chi connectivity index (χ1) is 8.37. The highest BCUT2D eigenvalue weighted by molar-refractivity contribution is 7.99. The quantitative estimate of drug-likeness (QED) is 0.810. The van der Waals surface area contributed by atoms with Gasteiger partial charge in [-0.1, -0.05) is 0 Å². The second-order valence-corrected chi connectivity index (χ2v) is 5.00. The third-order valence-electron chi connectivity index (χ3n) is 2.73. The van der Waals surface area contributed by atoms with Crippen LogP contribution in [-0.4, -0.2) is 32.9 Å². The van der Waals surface area contributed by atoms with Crippen LogP contribution in [0.25, 0.3) is 0 Å². The van der Waals surface area contributed by atoms with E-state index in [4.69, 9.17) is 5.11 Å². The van der Waals surface area contributed by atoms with E-state index in [9.17, 15) is 22.8 Å². The smallest absolute Gasteiger partial charge is 0.329 e. The van der Waals surface area contributed by atoms with Gasteiger partial charge in [0.1, 0.15) is 5.37 Å². The minimum absolute atomic E-state index is 0.0542.